The van der Waals surface area contributed by atoms with Crippen LogP contribution in [0.4, 0.5) is 13.2 Å². The number of ether oxygens (including phenoxy) is 1. The minimum Gasteiger partial charge on any atom is -0.450 e. The smallest absolute Gasteiger partial charge is 0.333 e. The highest BCUT2D eigenvalue weighted by atomic mass is 19.3. The predicted octanol–water partition coefficient (Wildman–Crippen LogP) is 1.71. The molecular weight excluding hydrogens is 173 g/mol. The van der Waals surface area contributed by atoms with Crippen LogP contribution in [0.1, 0.15) is 6.92 Å². The number of carbonyl (C=O) groups excluding carboxylic acids is 1. The molecule has 2 nitrogen and oxygen atoms in total. The number of hydrogen-bond donors (Lipinski definition) is 0. The third kappa shape index (κ3) is 3.41. The van der Waals surface area contributed by atoms with Crippen LogP contribution >= 0.6 is 0 Å². The Morgan fingerprint density at radius 1 is 1.58 bits per heavy atom. The van der Waals surface area contributed by atoms with E-state index in [4.69, 9.17) is 0 Å². The summed E-state index contributed by atoms with van der Waals surface area (Å²) in [7, 11) is 0. The zero-order valence-corrected chi connectivity index (χ0v) is 6.52. The molecule has 5 heteroatoms. The summed E-state index contributed by atoms with van der Waals surface area (Å²) in [5.41, 5.74) is -0.0332. The molecule has 0 saturated carbocycles. The van der Waals surface area contributed by atoms with E-state index in [1.54, 1.807) is 0 Å². The molecule has 0 aromatic carbocycles. The Labute approximate surface area is 68.0 Å². The maximum atomic E-state index is 11.8. The molecule has 0 saturated heterocycles. The van der Waals surface area contributed by atoms with Gasteiger partial charge >= 0.3 is 5.97 Å². The molecule has 0 aliphatic rings. The fourth-order valence-electron chi connectivity index (χ4n) is 0.388. The quantitative estimate of drug-likeness (QED) is 0.488. The molecule has 12 heavy (non-hydrogen) atoms. The van der Waals surface area contributed by atoms with Gasteiger partial charge in [0.1, 0.15) is 6.67 Å². The summed E-state index contributed by atoms with van der Waals surface area (Å²) in [5.74, 6) is -1.00. The first kappa shape index (κ1) is 11.0. The molecule has 0 aromatic rings. The molecule has 0 bridgehead atoms. The molecule has 0 aliphatic carbocycles. The van der Waals surface area contributed by atoms with Crippen molar-refractivity contribution >= 4 is 5.97 Å². The summed E-state index contributed by atoms with van der Waals surface area (Å²) in [6.45, 7) is 3.06. The number of carbonyl (C=O) groups is 1. The fourth-order valence-corrected chi connectivity index (χ4v) is 0.388. The van der Waals surface area contributed by atoms with Crippen LogP contribution < -0.4 is 0 Å². The zero-order chi connectivity index (χ0) is 9.72. The monoisotopic (exact) mass is 182 g/mol. The van der Waals surface area contributed by atoms with E-state index in [-0.39, 0.29) is 5.57 Å². The molecular formula is C7H9F3O2. The summed E-state index contributed by atoms with van der Waals surface area (Å²) < 4.78 is 39.4. The molecule has 0 heterocycles. The summed E-state index contributed by atoms with van der Waals surface area (Å²) in [6, 6.07) is 0. The summed E-state index contributed by atoms with van der Waals surface area (Å²) >= 11 is 0. The van der Waals surface area contributed by atoms with Gasteiger partial charge in [-0.3, -0.25) is 0 Å². The Kier molecular flexibility index (Phi) is 4.39. The summed E-state index contributed by atoms with van der Waals surface area (Å²) in [4.78, 5) is 10.6. The second kappa shape index (κ2) is 4.79. The van der Waals surface area contributed by atoms with Crippen LogP contribution in [0.2, 0.25) is 0 Å². The van der Waals surface area contributed by atoms with Crippen molar-refractivity contribution in [1.82, 2.24) is 0 Å². The molecule has 0 radical (unpaired) electrons. The molecule has 1 unspecified atom stereocenters. The van der Waals surface area contributed by atoms with Gasteiger partial charge in [0.05, 0.1) is 0 Å². The van der Waals surface area contributed by atoms with Crippen molar-refractivity contribution in [1.29, 1.82) is 0 Å². The van der Waals surface area contributed by atoms with Gasteiger partial charge in [-0.15, -0.1) is 0 Å². The molecule has 0 rings (SSSR count). The molecule has 70 valence electrons. The maximum absolute atomic E-state index is 11.8. The minimum atomic E-state index is -3.00. The van der Waals surface area contributed by atoms with Crippen LogP contribution in [0.3, 0.4) is 0 Å². The lowest BCUT2D eigenvalue weighted by atomic mass is 10.3. The summed E-state index contributed by atoms with van der Waals surface area (Å²) in [5, 5.41) is 0. The second-order valence-corrected chi connectivity index (χ2v) is 2.21. The molecule has 0 aromatic heterocycles. The van der Waals surface area contributed by atoms with Crippen molar-refractivity contribution in [3.05, 3.63) is 12.2 Å². The van der Waals surface area contributed by atoms with E-state index < -0.39 is 25.2 Å². The Morgan fingerprint density at radius 3 is 2.33 bits per heavy atom. The van der Waals surface area contributed by atoms with Crippen molar-refractivity contribution in [3.63, 3.8) is 0 Å². The zero-order valence-electron chi connectivity index (χ0n) is 6.52. The van der Waals surface area contributed by atoms with E-state index in [2.05, 4.69) is 11.3 Å². The van der Waals surface area contributed by atoms with E-state index in [1.807, 2.05) is 0 Å². The van der Waals surface area contributed by atoms with Crippen LogP contribution in [-0.4, -0.2) is 25.2 Å². The number of alkyl halides is 3. The highest BCUT2D eigenvalue weighted by Crippen LogP contribution is 2.08. The Morgan fingerprint density at radius 2 is 2.08 bits per heavy atom. The summed E-state index contributed by atoms with van der Waals surface area (Å²) in [6.07, 6.45) is -4.98. The van der Waals surface area contributed by atoms with Gasteiger partial charge in [0, 0.05) is 5.57 Å². The van der Waals surface area contributed by atoms with E-state index in [9.17, 15) is 18.0 Å². The van der Waals surface area contributed by atoms with Gasteiger partial charge in [-0.05, 0) is 6.92 Å². The lowest BCUT2D eigenvalue weighted by molar-refractivity contribution is -0.153. The molecule has 0 fully saturated rings. The highest BCUT2D eigenvalue weighted by molar-refractivity contribution is 5.87. The Bertz CT molecular complexity index is 179. The average molecular weight is 182 g/mol. The largest absolute Gasteiger partial charge is 0.450 e. The van der Waals surface area contributed by atoms with Crippen molar-refractivity contribution in [2.24, 2.45) is 0 Å². The second-order valence-electron chi connectivity index (χ2n) is 2.21. The van der Waals surface area contributed by atoms with Crippen LogP contribution in [0.5, 0.6) is 0 Å². The number of halogens is 3. The van der Waals surface area contributed by atoms with E-state index in [0.717, 1.165) is 0 Å². The molecule has 0 amide bonds. The minimum absolute atomic E-state index is 0.0332. The fraction of sp³-hybridized carbons (Fsp3) is 0.571. The maximum Gasteiger partial charge on any atom is 0.333 e. The van der Waals surface area contributed by atoms with Crippen LogP contribution in [0.15, 0.2) is 12.2 Å². The van der Waals surface area contributed by atoms with Gasteiger partial charge in [0.15, 0.2) is 6.10 Å². The molecule has 0 N–H and O–H groups in total. The van der Waals surface area contributed by atoms with Gasteiger partial charge < -0.3 is 4.74 Å². The van der Waals surface area contributed by atoms with Gasteiger partial charge in [0.2, 0.25) is 0 Å². The van der Waals surface area contributed by atoms with Crippen LogP contribution in [0, 0.1) is 0 Å². The van der Waals surface area contributed by atoms with E-state index in [0.29, 0.717) is 0 Å². The highest BCUT2D eigenvalue weighted by Gasteiger charge is 2.24. The van der Waals surface area contributed by atoms with Crippen molar-refractivity contribution in [3.8, 4) is 0 Å². The van der Waals surface area contributed by atoms with E-state index >= 15 is 0 Å². The first-order valence-corrected chi connectivity index (χ1v) is 3.19. The lowest BCUT2D eigenvalue weighted by Gasteiger charge is -2.12. The lowest BCUT2D eigenvalue weighted by Crippen LogP contribution is -2.27. The Hall–Kier alpha value is -1.00. The van der Waals surface area contributed by atoms with Gasteiger partial charge in [-0.2, -0.15) is 0 Å². The molecule has 1 atom stereocenters. The normalized spacial score (nSPS) is 12.8. The van der Waals surface area contributed by atoms with Crippen molar-refractivity contribution < 1.29 is 22.7 Å². The average Bonchev–Trinajstić information content (AvgIpc) is 1.98. The van der Waals surface area contributed by atoms with Crippen LogP contribution in [0.25, 0.3) is 0 Å². The van der Waals surface area contributed by atoms with Crippen molar-refractivity contribution in [2.75, 3.05) is 6.67 Å². The third-order valence-corrected chi connectivity index (χ3v) is 1.04. The van der Waals surface area contributed by atoms with Crippen molar-refractivity contribution in [2.45, 2.75) is 19.5 Å². The third-order valence-electron chi connectivity index (χ3n) is 1.04. The molecule has 0 spiro atoms. The Balaban J connectivity index is 4.03. The number of rotatable bonds is 4. The standard InChI is InChI=1S/C7H9F3O2/c1-4(2)7(11)12-5(3-8)6(9)10/h5-6H,1,3H2,2H3. The van der Waals surface area contributed by atoms with Gasteiger partial charge in [-0.25, -0.2) is 18.0 Å². The van der Waals surface area contributed by atoms with Gasteiger partial charge in [-0.1, -0.05) is 6.58 Å². The number of hydrogen-bond acceptors (Lipinski definition) is 2. The first-order chi connectivity index (χ1) is 5.49. The van der Waals surface area contributed by atoms with Crippen LogP contribution in [-0.2, 0) is 9.53 Å². The van der Waals surface area contributed by atoms with Gasteiger partial charge in [0.25, 0.3) is 6.43 Å². The SMILES string of the molecule is C=C(C)C(=O)OC(CF)C(F)F. The predicted molar refractivity (Wildman–Crippen MR) is 36.7 cm³/mol. The van der Waals surface area contributed by atoms with E-state index in [1.165, 1.54) is 6.92 Å². The topological polar surface area (TPSA) is 26.3 Å². The molecule has 0 aliphatic heterocycles. The number of esters is 1. The first-order valence-electron chi connectivity index (χ1n) is 3.19.